The van der Waals surface area contributed by atoms with E-state index in [1.165, 1.54) is 16.7 Å². The molecule has 2 heteroatoms. The number of aryl methyl sites for hydroxylation is 3. The molecule has 1 rings (SSSR count). The summed E-state index contributed by atoms with van der Waals surface area (Å²) in [4.78, 5) is 0. The molecule has 0 unspecified atom stereocenters. The number of hydrogen-bond acceptors (Lipinski definition) is 0. The minimum absolute atomic E-state index is 0.693. The van der Waals surface area contributed by atoms with Crippen molar-refractivity contribution in [1.82, 2.24) is 0 Å². The molecule has 11 heavy (non-hydrogen) atoms. The zero-order chi connectivity index (χ0) is 8.43. The van der Waals surface area contributed by atoms with Crippen LogP contribution in [0.3, 0.4) is 0 Å². The number of rotatable bonds is 1. The molecular weight excluding hydrogens is 436 g/mol. The topological polar surface area (TPSA) is 0 Å². The molecule has 1 aromatic carbocycles. The van der Waals surface area contributed by atoms with Crippen LogP contribution < -0.4 is 3.07 Å². The van der Waals surface area contributed by atoms with Crippen LogP contribution in [0.5, 0.6) is 0 Å². The van der Waals surface area contributed by atoms with Crippen molar-refractivity contribution in [3.05, 3.63) is 28.8 Å². The van der Waals surface area contributed by atoms with E-state index in [4.69, 9.17) is 0 Å². The minimum atomic E-state index is -0.693. The van der Waals surface area contributed by atoms with E-state index in [9.17, 15) is 0 Å². The molecular formula is C9H11HgI. The average Bonchev–Trinajstić information content (AvgIpc) is 1.85. The van der Waals surface area contributed by atoms with Gasteiger partial charge in [-0.05, 0) is 0 Å². The van der Waals surface area contributed by atoms with E-state index in [0.29, 0.717) is 0 Å². The van der Waals surface area contributed by atoms with Gasteiger partial charge in [0, 0.05) is 0 Å². The van der Waals surface area contributed by atoms with Crippen LogP contribution in [0.15, 0.2) is 12.1 Å². The summed E-state index contributed by atoms with van der Waals surface area (Å²) in [5.74, 6) is 0. The van der Waals surface area contributed by atoms with Crippen molar-refractivity contribution < 1.29 is 20.2 Å². The Kier molecular flexibility index (Phi) is 3.82. The maximum atomic E-state index is 2.64. The normalized spacial score (nSPS) is 9.45. The third-order valence-corrected chi connectivity index (χ3v) is 14.0. The zero-order valence-corrected chi connectivity index (χ0v) is 14.9. The van der Waals surface area contributed by atoms with E-state index in [1.807, 2.05) is 0 Å². The van der Waals surface area contributed by atoms with Crippen LogP contribution in [0, 0.1) is 20.8 Å². The fourth-order valence-corrected chi connectivity index (χ4v) is 14.4. The van der Waals surface area contributed by atoms with Gasteiger partial charge in [-0.25, -0.2) is 0 Å². The number of benzene rings is 1. The van der Waals surface area contributed by atoms with Gasteiger partial charge in [-0.3, -0.25) is 0 Å². The summed E-state index contributed by atoms with van der Waals surface area (Å²) < 4.78 is 1.72. The van der Waals surface area contributed by atoms with Gasteiger partial charge in [0.1, 0.15) is 0 Å². The van der Waals surface area contributed by atoms with E-state index in [-0.39, 0.29) is 0 Å². The van der Waals surface area contributed by atoms with Crippen LogP contribution in [0.2, 0.25) is 0 Å². The Labute approximate surface area is 89.6 Å². The Hall–Kier alpha value is 0.885. The van der Waals surface area contributed by atoms with Crippen molar-refractivity contribution in [2.24, 2.45) is 0 Å². The first-order valence-electron chi connectivity index (χ1n) is 3.78. The van der Waals surface area contributed by atoms with Gasteiger partial charge in [0.05, 0.1) is 0 Å². The second kappa shape index (κ2) is 4.22. The van der Waals surface area contributed by atoms with Crippen molar-refractivity contribution in [2.75, 3.05) is 0 Å². The zero-order valence-electron chi connectivity index (χ0n) is 7.24. The molecule has 0 spiro atoms. The number of hydrogen-bond donors (Lipinski definition) is 0. The molecule has 0 N–H and O–H groups in total. The molecule has 1 aromatic rings. The van der Waals surface area contributed by atoms with Crippen LogP contribution in [0.25, 0.3) is 0 Å². The molecule has 0 saturated heterocycles. The molecule has 0 atom stereocenters. The van der Waals surface area contributed by atoms with Gasteiger partial charge < -0.3 is 0 Å². The first-order valence-corrected chi connectivity index (χ1v) is 22.0. The van der Waals surface area contributed by atoms with Crippen molar-refractivity contribution in [3.63, 3.8) is 0 Å². The van der Waals surface area contributed by atoms with Crippen LogP contribution in [0.4, 0.5) is 0 Å². The summed E-state index contributed by atoms with van der Waals surface area (Å²) in [7, 11) is 0. The first-order chi connectivity index (χ1) is 5.15. The third-order valence-electron chi connectivity index (χ3n) is 1.97. The SMILES string of the molecule is Cc1cc(C)[c]([Hg][I])c(C)c1. The predicted octanol–water partition coefficient (Wildman–Crippen LogP) is 2.67. The fourth-order valence-electron chi connectivity index (χ4n) is 1.42. The molecule has 0 aliphatic rings. The summed E-state index contributed by atoms with van der Waals surface area (Å²) in [6, 6.07) is 4.61. The molecule has 0 bridgehead atoms. The Balaban J connectivity index is 3.25. The molecule has 0 radical (unpaired) electrons. The second-order valence-corrected chi connectivity index (χ2v) is 13.5. The Bertz CT molecular complexity index is 245. The summed E-state index contributed by atoms with van der Waals surface area (Å²) in [5.41, 5.74) is 4.46. The molecule has 0 heterocycles. The molecule has 0 fully saturated rings. The molecule has 0 nitrogen and oxygen atoms in total. The fraction of sp³-hybridized carbons (Fsp3) is 0.333. The monoisotopic (exact) mass is 448 g/mol. The van der Waals surface area contributed by atoms with Gasteiger partial charge in [-0.1, -0.05) is 0 Å². The average molecular weight is 447 g/mol. The van der Waals surface area contributed by atoms with Gasteiger partial charge in [-0.15, -0.1) is 0 Å². The quantitative estimate of drug-likeness (QED) is 0.460. The second-order valence-electron chi connectivity index (χ2n) is 3.01. The number of halogens is 1. The van der Waals surface area contributed by atoms with Crippen molar-refractivity contribution in [2.45, 2.75) is 20.8 Å². The standard InChI is InChI=1S/C9H11.Hg.HI/c1-7-4-8(2)6-9(3)5-7;;/h4-5H,1-3H3;;1H/q;+1;/p-1. The van der Waals surface area contributed by atoms with Crippen LogP contribution in [-0.2, 0) is 20.2 Å². The molecule has 0 aliphatic heterocycles. The molecule has 0 aliphatic carbocycles. The molecule has 56 valence electrons. The predicted molar refractivity (Wildman–Crippen MR) is 54.3 cm³/mol. The van der Waals surface area contributed by atoms with Crippen molar-refractivity contribution in [3.8, 4) is 0 Å². The molecule has 0 amide bonds. The van der Waals surface area contributed by atoms with Crippen molar-refractivity contribution >= 4 is 20.7 Å². The van der Waals surface area contributed by atoms with Crippen LogP contribution in [-0.4, -0.2) is 0 Å². The summed E-state index contributed by atoms with van der Waals surface area (Å²) in [5, 5.41) is 0. The van der Waals surface area contributed by atoms with Gasteiger partial charge in [0.15, 0.2) is 0 Å². The van der Waals surface area contributed by atoms with Gasteiger partial charge >= 0.3 is 90.6 Å². The summed E-state index contributed by atoms with van der Waals surface area (Å²) in [6.45, 7) is 6.66. The van der Waals surface area contributed by atoms with E-state index >= 15 is 0 Å². The van der Waals surface area contributed by atoms with E-state index < -0.39 is 20.2 Å². The Morgan fingerprint density at radius 2 is 1.55 bits per heavy atom. The van der Waals surface area contributed by atoms with E-state index in [2.05, 4.69) is 50.6 Å². The van der Waals surface area contributed by atoms with E-state index in [1.54, 1.807) is 3.07 Å². The van der Waals surface area contributed by atoms with Crippen LogP contribution >= 0.6 is 17.7 Å². The van der Waals surface area contributed by atoms with Crippen LogP contribution in [0.1, 0.15) is 16.7 Å². The Morgan fingerprint density at radius 3 is 1.91 bits per heavy atom. The third kappa shape index (κ3) is 2.41. The summed E-state index contributed by atoms with van der Waals surface area (Å²) >= 11 is 1.95. The van der Waals surface area contributed by atoms with Gasteiger partial charge in [0.25, 0.3) is 0 Å². The van der Waals surface area contributed by atoms with Gasteiger partial charge in [-0.2, -0.15) is 0 Å². The molecule has 0 saturated carbocycles. The summed E-state index contributed by atoms with van der Waals surface area (Å²) in [6.07, 6.45) is 0. The van der Waals surface area contributed by atoms with Crippen molar-refractivity contribution in [1.29, 1.82) is 0 Å². The Morgan fingerprint density at radius 1 is 1.09 bits per heavy atom. The molecule has 0 aromatic heterocycles. The van der Waals surface area contributed by atoms with E-state index in [0.717, 1.165) is 0 Å². The first kappa shape index (κ1) is 9.97. The van der Waals surface area contributed by atoms with Gasteiger partial charge in [0.2, 0.25) is 0 Å². The maximum absolute atomic E-state index is 2.64.